The van der Waals surface area contributed by atoms with Gasteiger partial charge in [-0.2, -0.15) is 5.10 Å². The number of hydrogen-bond acceptors (Lipinski definition) is 9. The Bertz CT molecular complexity index is 944. The van der Waals surface area contributed by atoms with E-state index in [-0.39, 0.29) is 22.7 Å². The van der Waals surface area contributed by atoms with Crippen molar-refractivity contribution < 1.29 is 29.2 Å². The van der Waals surface area contributed by atoms with Crippen molar-refractivity contribution in [3.63, 3.8) is 0 Å². The molecule has 0 saturated carbocycles. The molecule has 2 aromatic carbocycles. The highest BCUT2D eigenvalue weighted by molar-refractivity contribution is 5.85. The molecule has 12 nitrogen and oxygen atoms in total. The first-order valence-corrected chi connectivity index (χ1v) is 7.57. The molecule has 0 aromatic heterocycles. The smallest absolute Gasteiger partial charge is 0.315 e. The van der Waals surface area contributed by atoms with Gasteiger partial charge in [0.1, 0.15) is 0 Å². The van der Waals surface area contributed by atoms with E-state index in [1.165, 1.54) is 37.4 Å². The van der Waals surface area contributed by atoms with Crippen molar-refractivity contribution in [1.82, 2.24) is 5.43 Å². The summed E-state index contributed by atoms with van der Waals surface area (Å²) in [6, 6.07) is 7.87. The summed E-state index contributed by atoms with van der Waals surface area (Å²) in [4.78, 5) is 32.1. The second kappa shape index (κ2) is 8.93. The van der Waals surface area contributed by atoms with Crippen molar-refractivity contribution in [3.8, 4) is 17.2 Å². The zero-order valence-corrected chi connectivity index (χ0v) is 14.4. The largest absolute Gasteiger partial charge is 0.500 e. The van der Waals surface area contributed by atoms with Crippen LogP contribution < -0.4 is 14.9 Å². The number of hydrazone groups is 1. The van der Waals surface area contributed by atoms with Crippen molar-refractivity contribution in [3.05, 3.63) is 62.2 Å². The quantitative estimate of drug-likeness (QED) is 0.390. The second-order valence-corrected chi connectivity index (χ2v) is 5.15. The van der Waals surface area contributed by atoms with Gasteiger partial charge in [-0.3, -0.25) is 25.0 Å². The van der Waals surface area contributed by atoms with Gasteiger partial charge in [0, 0.05) is 17.7 Å². The van der Waals surface area contributed by atoms with Gasteiger partial charge in [0.15, 0.2) is 18.1 Å². The van der Waals surface area contributed by atoms with Crippen LogP contribution in [0.25, 0.3) is 0 Å². The summed E-state index contributed by atoms with van der Waals surface area (Å²) in [5, 5.41) is 35.1. The number of amides is 1. The van der Waals surface area contributed by atoms with Gasteiger partial charge in [-0.25, -0.2) is 5.43 Å². The third-order valence-electron chi connectivity index (χ3n) is 3.32. The minimum Gasteiger partial charge on any atom is -0.500 e. The zero-order valence-electron chi connectivity index (χ0n) is 14.4. The van der Waals surface area contributed by atoms with E-state index in [1.807, 2.05) is 0 Å². The van der Waals surface area contributed by atoms with Gasteiger partial charge in [-0.1, -0.05) is 12.1 Å². The van der Waals surface area contributed by atoms with Gasteiger partial charge in [0.2, 0.25) is 5.75 Å². The molecule has 1 amide bonds. The number of nitro groups is 2. The van der Waals surface area contributed by atoms with Gasteiger partial charge in [-0.05, 0) is 12.1 Å². The number of methoxy groups -OCH3 is 1. The van der Waals surface area contributed by atoms with E-state index in [1.54, 1.807) is 0 Å². The van der Waals surface area contributed by atoms with Crippen LogP contribution in [0.4, 0.5) is 11.4 Å². The molecule has 12 heteroatoms. The number of benzene rings is 2. The molecule has 0 aliphatic rings. The summed E-state index contributed by atoms with van der Waals surface area (Å²) in [6.07, 6.45) is 1.10. The highest BCUT2D eigenvalue weighted by Gasteiger charge is 2.19. The van der Waals surface area contributed by atoms with E-state index >= 15 is 0 Å². The van der Waals surface area contributed by atoms with Crippen LogP contribution in [0.15, 0.2) is 41.5 Å². The van der Waals surface area contributed by atoms with Gasteiger partial charge < -0.3 is 14.6 Å². The van der Waals surface area contributed by atoms with Crippen LogP contribution in [0.3, 0.4) is 0 Å². The summed E-state index contributed by atoms with van der Waals surface area (Å²) >= 11 is 0. The fourth-order valence-electron chi connectivity index (χ4n) is 2.07. The Balaban J connectivity index is 2.01. The van der Waals surface area contributed by atoms with Crippen LogP contribution in [0.1, 0.15) is 5.56 Å². The lowest BCUT2D eigenvalue weighted by Crippen LogP contribution is -2.24. The van der Waals surface area contributed by atoms with Crippen LogP contribution in [-0.4, -0.2) is 40.8 Å². The number of hydrogen-bond donors (Lipinski definition) is 2. The third kappa shape index (κ3) is 4.91. The standard InChI is InChI=1S/C16H14N4O8/c1-27-14-7-10(6-12(16(14)22)20(25)26)8-17-18-15(21)9-28-13-5-3-2-4-11(13)19(23)24/h2-8,22H,9H2,1H3,(H,18,21). The van der Waals surface area contributed by atoms with Gasteiger partial charge in [-0.15, -0.1) is 0 Å². The van der Waals surface area contributed by atoms with Crippen molar-refractivity contribution in [2.45, 2.75) is 0 Å². The fraction of sp³-hybridized carbons (Fsp3) is 0.125. The van der Waals surface area contributed by atoms with Gasteiger partial charge in [0.05, 0.1) is 23.2 Å². The van der Waals surface area contributed by atoms with Crippen molar-refractivity contribution >= 4 is 23.5 Å². The van der Waals surface area contributed by atoms with Crippen LogP contribution in [-0.2, 0) is 4.79 Å². The number of ether oxygens (including phenoxy) is 2. The first-order chi connectivity index (χ1) is 13.3. The fourth-order valence-corrected chi connectivity index (χ4v) is 2.07. The Hall–Kier alpha value is -4.22. The molecule has 0 bridgehead atoms. The van der Waals surface area contributed by atoms with Crippen molar-refractivity contribution in [2.24, 2.45) is 5.10 Å². The number of aromatic hydroxyl groups is 1. The molecule has 28 heavy (non-hydrogen) atoms. The molecule has 0 aliphatic heterocycles. The molecular weight excluding hydrogens is 376 g/mol. The molecule has 0 fully saturated rings. The van der Waals surface area contributed by atoms with Crippen LogP contribution >= 0.6 is 0 Å². The lowest BCUT2D eigenvalue weighted by molar-refractivity contribution is -0.386. The van der Waals surface area contributed by atoms with E-state index in [4.69, 9.17) is 9.47 Å². The minimum absolute atomic E-state index is 0.0782. The first kappa shape index (κ1) is 20.1. The normalized spacial score (nSPS) is 10.5. The molecule has 2 N–H and O–H groups in total. The average molecular weight is 390 g/mol. The first-order valence-electron chi connectivity index (χ1n) is 7.57. The Morgan fingerprint density at radius 1 is 1.18 bits per heavy atom. The van der Waals surface area contributed by atoms with Crippen LogP contribution in [0, 0.1) is 20.2 Å². The molecule has 0 spiro atoms. The molecular formula is C16H14N4O8. The summed E-state index contributed by atoms with van der Waals surface area (Å²) in [6.45, 7) is -0.540. The number of para-hydroxylation sites is 2. The summed E-state index contributed by atoms with van der Waals surface area (Å²) in [5.74, 6) is -1.56. The third-order valence-corrected chi connectivity index (χ3v) is 3.32. The lowest BCUT2D eigenvalue weighted by Gasteiger charge is -2.06. The Morgan fingerprint density at radius 2 is 1.86 bits per heavy atom. The van der Waals surface area contributed by atoms with E-state index < -0.39 is 33.8 Å². The highest BCUT2D eigenvalue weighted by atomic mass is 16.6. The monoisotopic (exact) mass is 390 g/mol. The van der Waals surface area contributed by atoms with Gasteiger partial charge >= 0.3 is 11.4 Å². The van der Waals surface area contributed by atoms with Crippen LogP contribution in [0.2, 0.25) is 0 Å². The number of carbonyl (C=O) groups excluding carboxylic acids is 1. The molecule has 2 rings (SSSR count). The summed E-state index contributed by atoms with van der Waals surface area (Å²) < 4.78 is 9.94. The Labute approximate surface area is 157 Å². The van der Waals surface area contributed by atoms with E-state index in [9.17, 15) is 30.1 Å². The average Bonchev–Trinajstić information content (AvgIpc) is 2.67. The van der Waals surface area contributed by atoms with Crippen molar-refractivity contribution in [1.29, 1.82) is 0 Å². The van der Waals surface area contributed by atoms with E-state index in [0.717, 1.165) is 12.3 Å². The maximum absolute atomic E-state index is 11.7. The molecule has 0 aliphatic carbocycles. The molecule has 0 unspecified atom stereocenters. The summed E-state index contributed by atoms with van der Waals surface area (Å²) in [7, 11) is 1.22. The predicted octanol–water partition coefficient (Wildman–Crippen LogP) is 1.75. The number of carbonyl (C=O) groups is 1. The van der Waals surface area contributed by atoms with Crippen molar-refractivity contribution in [2.75, 3.05) is 13.7 Å². The van der Waals surface area contributed by atoms with E-state index in [2.05, 4.69) is 10.5 Å². The molecule has 0 saturated heterocycles. The Kier molecular flexibility index (Phi) is 6.41. The molecule has 0 atom stereocenters. The van der Waals surface area contributed by atoms with Gasteiger partial charge in [0.25, 0.3) is 5.91 Å². The second-order valence-electron chi connectivity index (χ2n) is 5.15. The van der Waals surface area contributed by atoms with Crippen LogP contribution in [0.5, 0.6) is 17.2 Å². The maximum Gasteiger partial charge on any atom is 0.315 e. The maximum atomic E-state index is 11.7. The molecule has 146 valence electrons. The number of phenols is 1. The number of nitro benzene ring substituents is 2. The number of nitrogens with one attached hydrogen (secondary N) is 1. The number of phenolic OH excluding ortho intramolecular Hbond substituents is 1. The highest BCUT2D eigenvalue weighted by Crippen LogP contribution is 2.36. The van der Waals surface area contributed by atoms with E-state index in [0.29, 0.717) is 0 Å². The summed E-state index contributed by atoms with van der Waals surface area (Å²) in [5.41, 5.74) is 1.41. The molecule has 0 heterocycles. The lowest BCUT2D eigenvalue weighted by atomic mass is 10.2. The molecule has 2 aromatic rings. The number of rotatable bonds is 8. The number of nitrogens with zero attached hydrogens (tertiary/aromatic N) is 3. The SMILES string of the molecule is COc1cc(C=NNC(=O)COc2ccccc2[N+](=O)[O-])cc([N+](=O)[O-])c1O. The predicted molar refractivity (Wildman–Crippen MR) is 95.6 cm³/mol. The Morgan fingerprint density at radius 3 is 2.50 bits per heavy atom. The zero-order chi connectivity index (χ0) is 20.7. The minimum atomic E-state index is -0.797. The topological polar surface area (TPSA) is 166 Å². The molecule has 0 radical (unpaired) electrons.